The number of nitrogens with zero attached hydrogens (tertiary/aromatic N) is 4. The zero-order valence-electron chi connectivity index (χ0n) is 18.2. The van der Waals surface area contributed by atoms with E-state index in [1.54, 1.807) is 4.31 Å². The summed E-state index contributed by atoms with van der Waals surface area (Å²) in [6.07, 6.45) is 0.0438. The Labute approximate surface area is 166 Å². The van der Waals surface area contributed by atoms with Crippen molar-refractivity contribution in [3.8, 4) is 0 Å². The van der Waals surface area contributed by atoms with Gasteiger partial charge in [0.05, 0.1) is 25.0 Å². The van der Waals surface area contributed by atoms with Gasteiger partial charge in [0, 0.05) is 38.3 Å². The third-order valence-corrected chi connectivity index (χ3v) is 6.72. The lowest BCUT2D eigenvalue weighted by Gasteiger charge is -2.37. The highest BCUT2D eigenvalue weighted by Gasteiger charge is 2.28. The molecule has 1 fully saturated rings. The Morgan fingerprint density at radius 1 is 1.22 bits per heavy atom. The van der Waals surface area contributed by atoms with Crippen LogP contribution in [0.3, 0.4) is 0 Å². The van der Waals surface area contributed by atoms with E-state index in [0.29, 0.717) is 32.7 Å². The van der Waals surface area contributed by atoms with Gasteiger partial charge in [0.2, 0.25) is 10.0 Å². The molecule has 0 unspecified atom stereocenters. The first kappa shape index (κ1) is 24.1. The molecule has 0 aromatic heterocycles. The summed E-state index contributed by atoms with van der Waals surface area (Å²) in [4.78, 5) is 9.09. The highest BCUT2D eigenvalue weighted by molar-refractivity contribution is 7.89. The summed E-state index contributed by atoms with van der Waals surface area (Å²) in [5.41, 5.74) is -0.0394. The Morgan fingerprint density at radius 2 is 1.81 bits per heavy atom. The number of piperazine rings is 1. The smallest absolute Gasteiger partial charge is 0.216 e. The first-order valence-electron chi connectivity index (χ1n) is 9.79. The van der Waals surface area contributed by atoms with E-state index in [2.05, 4.69) is 43.1 Å². The number of aliphatic imine (C=N–C) groups is 1. The monoisotopic (exact) mass is 405 g/mol. The molecule has 0 atom stereocenters. The van der Waals surface area contributed by atoms with Crippen LogP contribution in [0.4, 0.5) is 0 Å². The molecule has 1 saturated heterocycles. The molecular weight excluding hydrogens is 366 g/mol. The van der Waals surface area contributed by atoms with Gasteiger partial charge >= 0.3 is 0 Å². The molecule has 0 amide bonds. The lowest BCUT2D eigenvalue weighted by Crippen LogP contribution is -2.54. The second-order valence-electron chi connectivity index (χ2n) is 8.00. The van der Waals surface area contributed by atoms with Crippen molar-refractivity contribution in [2.75, 3.05) is 65.7 Å². The van der Waals surface area contributed by atoms with Crippen molar-refractivity contribution in [2.24, 2.45) is 4.99 Å². The van der Waals surface area contributed by atoms with Crippen molar-refractivity contribution in [3.05, 3.63) is 0 Å². The van der Waals surface area contributed by atoms with Crippen molar-refractivity contribution < 1.29 is 13.2 Å². The zero-order chi connectivity index (χ0) is 20.7. The molecule has 27 heavy (non-hydrogen) atoms. The third kappa shape index (κ3) is 7.93. The van der Waals surface area contributed by atoms with Gasteiger partial charge in [-0.3, -0.25) is 4.99 Å². The predicted molar refractivity (Wildman–Crippen MR) is 112 cm³/mol. The maximum atomic E-state index is 12.5. The second kappa shape index (κ2) is 10.6. The second-order valence-corrected chi connectivity index (χ2v) is 10.1. The van der Waals surface area contributed by atoms with Crippen LogP contribution >= 0.6 is 0 Å². The van der Waals surface area contributed by atoms with Gasteiger partial charge < -0.3 is 19.9 Å². The SMILES string of the molecule is CCNC(=NCC(C)(C)N(C)C)N1CCN(S(=O)(=O)CCOC(C)C)CC1. The number of nitrogens with one attached hydrogen (secondary N) is 1. The summed E-state index contributed by atoms with van der Waals surface area (Å²) in [6, 6.07) is 0. The normalized spacial score (nSPS) is 17.8. The van der Waals surface area contributed by atoms with Crippen LogP contribution in [0.1, 0.15) is 34.6 Å². The van der Waals surface area contributed by atoms with Crippen LogP contribution in [0.15, 0.2) is 4.99 Å². The Kier molecular flexibility index (Phi) is 9.47. The van der Waals surface area contributed by atoms with Gasteiger partial charge in [0.1, 0.15) is 0 Å². The van der Waals surface area contributed by atoms with Crippen molar-refractivity contribution in [2.45, 2.75) is 46.3 Å². The average Bonchev–Trinajstić information content (AvgIpc) is 2.58. The molecule has 160 valence electrons. The van der Waals surface area contributed by atoms with Crippen LogP contribution in [0.25, 0.3) is 0 Å². The molecule has 1 heterocycles. The van der Waals surface area contributed by atoms with E-state index >= 15 is 0 Å². The van der Waals surface area contributed by atoms with Crippen molar-refractivity contribution in [1.82, 2.24) is 19.4 Å². The summed E-state index contributed by atoms with van der Waals surface area (Å²) in [6.45, 7) is 14.1. The molecule has 0 aliphatic carbocycles. The molecule has 0 aromatic rings. The minimum absolute atomic E-state index is 0.0381. The number of hydrogen-bond donors (Lipinski definition) is 1. The van der Waals surface area contributed by atoms with E-state index in [1.165, 1.54) is 0 Å². The number of guanidine groups is 1. The molecule has 1 N–H and O–H groups in total. The van der Waals surface area contributed by atoms with Crippen LogP contribution in [0.5, 0.6) is 0 Å². The van der Waals surface area contributed by atoms with Crippen LogP contribution in [-0.4, -0.2) is 106 Å². The van der Waals surface area contributed by atoms with Gasteiger partial charge in [0.15, 0.2) is 5.96 Å². The first-order chi connectivity index (χ1) is 12.5. The van der Waals surface area contributed by atoms with Crippen LogP contribution in [0, 0.1) is 0 Å². The van der Waals surface area contributed by atoms with Gasteiger partial charge in [-0.1, -0.05) is 0 Å². The maximum Gasteiger partial charge on any atom is 0.216 e. The van der Waals surface area contributed by atoms with Gasteiger partial charge in [-0.2, -0.15) is 4.31 Å². The van der Waals surface area contributed by atoms with E-state index in [0.717, 1.165) is 12.5 Å². The first-order valence-corrected chi connectivity index (χ1v) is 11.4. The van der Waals surface area contributed by atoms with E-state index in [1.807, 2.05) is 20.8 Å². The molecule has 1 aliphatic rings. The van der Waals surface area contributed by atoms with Gasteiger partial charge in [-0.25, -0.2) is 8.42 Å². The Morgan fingerprint density at radius 3 is 2.30 bits per heavy atom. The average molecular weight is 406 g/mol. The lowest BCUT2D eigenvalue weighted by molar-refractivity contribution is 0.0904. The van der Waals surface area contributed by atoms with E-state index in [4.69, 9.17) is 9.73 Å². The standard InChI is InChI=1S/C18H39N5O3S/c1-8-19-17(20-15-18(4,5)21(6)7)22-9-11-23(12-10-22)27(24,25)14-13-26-16(2)3/h16H,8-15H2,1-7H3,(H,19,20). The minimum atomic E-state index is -3.27. The Balaban J connectivity index is 2.66. The number of rotatable bonds is 9. The Bertz CT molecular complexity index is 568. The molecule has 1 aliphatic heterocycles. The van der Waals surface area contributed by atoms with Crippen LogP contribution in [0.2, 0.25) is 0 Å². The number of sulfonamides is 1. The molecule has 0 spiro atoms. The largest absolute Gasteiger partial charge is 0.378 e. The van der Waals surface area contributed by atoms with Gasteiger partial charge in [-0.15, -0.1) is 0 Å². The third-order valence-electron chi connectivity index (χ3n) is 4.89. The molecule has 0 aromatic carbocycles. The van der Waals surface area contributed by atoms with Crippen molar-refractivity contribution in [3.63, 3.8) is 0 Å². The number of likely N-dealkylation sites (N-methyl/N-ethyl adjacent to an activating group) is 1. The zero-order valence-corrected chi connectivity index (χ0v) is 19.0. The van der Waals surface area contributed by atoms with Crippen LogP contribution < -0.4 is 5.32 Å². The molecule has 0 saturated carbocycles. The lowest BCUT2D eigenvalue weighted by atomic mass is 10.1. The Hall–Kier alpha value is -0.900. The van der Waals surface area contributed by atoms with Crippen LogP contribution in [-0.2, 0) is 14.8 Å². The molecule has 9 heteroatoms. The summed E-state index contributed by atoms with van der Waals surface area (Å²) in [5, 5.41) is 3.33. The minimum Gasteiger partial charge on any atom is -0.378 e. The number of hydrogen-bond acceptors (Lipinski definition) is 5. The van der Waals surface area contributed by atoms with Crippen molar-refractivity contribution in [1.29, 1.82) is 0 Å². The summed E-state index contributed by atoms with van der Waals surface area (Å²) < 4.78 is 31.9. The quantitative estimate of drug-likeness (QED) is 0.449. The highest BCUT2D eigenvalue weighted by Crippen LogP contribution is 2.12. The topological polar surface area (TPSA) is 77.5 Å². The summed E-state index contributed by atoms with van der Waals surface area (Å²) in [7, 11) is 0.829. The fourth-order valence-corrected chi connectivity index (χ4v) is 3.82. The maximum absolute atomic E-state index is 12.5. The molecule has 0 bridgehead atoms. The fourth-order valence-electron chi connectivity index (χ4n) is 2.53. The fraction of sp³-hybridized carbons (Fsp3) is 0.944. The predicted octanol–water partition coefficient (Wildman–Crippen LogP) is 0.665. The summed E-state index contributed by atoms with van der Waals surface area (Å²) in [5.74, 6) is 0.892. The number of ether oxygens (including phenoxy) is 1. The van der Waals surface area contributed by atoms with E-state index in [9.17, 15) is 8.42 Å². The molecule has 8 nitrogen and oxygen atoms in total. The highest BCUT2D eigenvalue weighted by atomic mass is 32.2. The van der Waals surface area contributed by atoms with Crippen molar-refractivity contribution >= 4 is 16.0 Å². The molecule has 0 radical (unpaired) electrons. The van der Waals surface area contributed by atoms with Gasteiger partial charge in [0.25, 0.3) is 0 Å². The summed E-state index contributed by atoms with van der Waals surface area (Å²) >= 11 is 0. The molecule has 1 rings (SSSR count). The van der Waals surface area contributed by atoms with E-state index in [-0.39, 0.29) is 24.0 Å². The molecular formula is C18H39N5O3S. The van der Waals surface area contributed by atoms with Gasteiger partial charge in [-0.05, 0) is 48.7 Å². The van der Waals surface area contributed by atoms with E-state index < -0.39 is 10.0 Å².